The Morgan fingerprint density at radius 1 is 1.18 bits per heavy atom. The standard InChI is InChI=1S/C15H15ClFNO3S/c16-14-9-12(17)6-7-15(14)22(20,21)18-10-13(19)8-11-4-2-1-3-5-11/h1-7,9,13,18-19H,8,10H2. The van der Waals surface area contributed by atoms with E-state index < -0.39 is 21.9 Å². The van der Waals surface area contributed by atoms with Crippen LogP contribution in [0.1, 0.15) is 5.56 Å². The molecule has 2 aromatic carbocycles. The molecular formula is C15H15ClFNO3S. The first-order valence-electron chi connectivity index (χ1n) is 6.55. The molecule has 0 radical (unpaired) electrons. The van der Waals surface area contributed by atoms with Crippen LogP contribution >= 0.6 is 11.6 Å². The molecule has 0 saturated heterocycles. The largest absolute Gasteiger partial charge is 0.391 e. The molecule has 22 heavy (non-hydrogen) atoms. The lowest BCUT2D eigenvalue weighted by Crippen LogP contribution is -2.33. The van der Waals surface area contributed by atoms with Crippen molar-refractivity contribution in [2.24, 2.45) is 0 Å². The smallest absolute Gasteiger partial charge is 0.242 e. The Bertz CT molecular complexity index is 738. The highest BCUT2D eigenvalue weighted by Crippen LogP contribution is 2.21. The highest BCUT2D eigenvalue weighted by molar-refractivity contribution is 7.89. The first-order chi connectivity index (χ1) is 10.4. The minimum Gasteiger partial charge on any atom is -0.391 e. The molecule has 2 rings (SSSR count). The van der Waals surface area contributed by atoms with Crippen LogP contribution in [0.2, 0.25) is 5.02 Å². The predicted octanol–water partition coefficient (Wildman–Crippen LogP) is 2.36. The summed E-state index contributed by atoms with van der Waals surface area (Å²) in [5, 5.41) is 9.70. The van der Waals surface area contributed by atoms with Crippen molar-refractivity contribution in [1.29, 1.82) is 0 Å². The number of halogens is 2. The topological polar surface area (TPSA) is 66.4 Å². The van der Waals surface area contributed by atoms with E-state index >= 15 is 0 Å². The van der Waals surface area contributed by atoms with Crippen molar-refractivity contribution in [2.45, 2.75) is 17.4 Å². The van der Waals surface area contributed by atoms with E-state index in [1.165, 1.54) is 0 Å². The number of aliphatic hydroxyl groups excluding tert-OH is 1. The second-order valence-corrected chi connectivity index (χ2v) is 6.91. The van der Waals surface area contributed by atoms with Crippen molar-refractivity contribution >= 4 is 21.6 Å². The van der Waals surface area contributed by atoms with E-state index in [1.807, 2.05) is 30.3 Å². The zero-order chi connectivity index (χ0) is 16.2. The lowest BCUT2D eigenvalue weighted by molar-refractivity contribution is 0.179. The normalized spacial score (nSPS) is 13.0. The first-order valence-corrected chi connectivity index (χ1v) is 8.41. The van der Waals surface area contributed by atoms with Crippen LogP contribution in [-0.4, -0.2) is 26.2 Å². The molecule has 0 aromatic heterocycles. The van der Waals surface area contributed by atoms with Crippen LogP contribution in [0.3, 0.4) is 0 Å². The van der Waals surface area contributed by atoms with Crippen molar-refractivity contribution in [3.8, 4) is 0 Å². The molecule has 0 heterocycles. The van der Waals surface area contributed by atoms with Crippen LogP contribution in [0.15, 0.2) is 53.4 Å². The minimum absolute atomic E-state index is 0.162. The fourth-order valence-corrected chi connectivity index (χ4v) is 3.54. The number of sulfonamides is 1. The Morgan fingerprint density at radius 2 is 1.86 bits per heavy atom. The molecule has 0 amide bonds. The van der Waals surface area contributed by atoms with Crippen molar-refractivity contribution in [2.75, 3.05) is 6.54 Å². The van der Waals surface area contributed by atoms with E-state index in [0.29, 0.717) is 6.42 Å². The summed E-state index contributed by atoms with van der Waals surface area (Å²) in [6, 6.07) is 12.2. The number of aliphatic hydroxyl groups is 1. The number of hydrogen-bond donors (Lipinski definition) is 2. The monoisotopic (exact) mass is 343 g/mol. The molecule has 118 valence electrons. The van der Waals surface area contributed by atoms with Gasteiger partial charge in [-0.3, -0.25) is 0 Å². The SMILES string of the molecule is O=S(=O)(NCC(O)Cc1ccccc1)c1ccc(F)cc1Cl. The van der Waals surface area contributed by atoms with Gasteiger partial charge < -0.3 is 5.11 Å². The zero-order valence-electron chi connectivity index (χ0n) is 11.5. The zero-order valence-corrected chi connectivity index (χ0v) is 13.1. The maximum atomic E-state index is 13.0. The first kappa shape index (κ1) is 16.9. The van der Waals surface area contributed by atoms with E-state index in [1.54, 1.807) is 0 Å². The summed E-state index contributed by atoms with van der Waals surface area (Å²) in [6.07, 6.45) is -0.558. The number of benzene rings is 2. The van der Waals surface area contributed by atoms with Gasteiger partial charge in [0.15, 0.2) is 0 Å². The van der Waals surface area contributed by atoms with Crippen LogP contribution < -0.4 is 4.72 Å². The number of nitrogens with one attached hydrogen (secondary N) is 1. The third-order valence-electron chi connectivity index (χ3n) is 3.01. The van der Waals surface area contributed by atoms with E-state index in [0.717, 1.165) is 23.8 Å². The van der Waals surface area contributed by atoms with Gasteiger partial charge in [0.25, 0.3) is 0 Å². The average Bonchev–Trinajstić information content (AvgIpc) is 2.46. The molecule has 0 aliphatic carbocycles. The summed E-state index contributed by atoms with van der Waals surface area (Å²) in [6.45, 7) is -0.162. The van der Waals surface area contributed by atoms with Gasteiger partial charge in [-0.1, -0.05) is 41.9 Å². The van der Waals surface area contributed by atoms with Gasteiger partial charge in [-0.05, 0) is 30.2 Å². The molecule has 1 atom stereocenters. The van der Waals surface area contributed by atoms with Gasteiger partial charge in [0.2, 0.25) is 10.0 Å². The molecule has 7 heteroatoms. The molecule has 2 aromatic rings. The summed E-state index contributed by atoms with van der Waals surface area (Å²) in [5.74, 6) is -0.618. The maximum absolute atomic E-state index is 13.0. The average molecular weight is 344 g/mol. The summed E-state index contributed by atoms with van der Waals surface area (Å²) in [7, 11) is -3.90. The molecule has 0 saturated carbocycles. The second-order valence-electron chi connectivity index (χ2n) is 4.77. The molecule has 0 aliphatic rings. The second kappa shape index (κ2) is 7.19. The van der Waals surface area contributed by atoms with Crippen LogP contribution in [0.25, 0.3) is 0 Å². The van der Waals surface area contributed by atoms with Crippen molar-refractivity contribution in [3.63, 3.8) is 0 Å². The van der Waals surface area contributed by atoms with Crippen LogP contribution in [0, 0.1) is 5.82 Å². The summed E-state index contributed by atoms with van der Waals surface area (Å²) in [5.41, 5.74) is 0.897. The molecule has 0 aliphatic heterocycles. The molecule has 2 N–H and O–H groups in total. The maximum Gasteiger partial charge on any atom is 0.242 e. The van der Waals surface area contributed by atoms with Gasteiger partial charge in [0.05, 0.1) is 11.1 Å². The Kier molecular flexibility index (Phi) is 5.52. The van der Waals surface area contributed by atoms with E-state index in [2.05, 4.69) is 4.72 Å². The molecular weight excluding hydrogens is 329 g/mol. The van der Waals surface area contributed by atoms with Crippen molar-refractivity contribution in [3.05, 3.63) is 64.9 Å². The minimum atomic E-state index is -3.90. The summed E-state index contributed by atoms with van der Waals surface area (Å²) >= 11 is 5.74. The quantitative estimate of drug-likeness (QED) is 0.846. The fraction of sp³-hybridized carbons (Fsp3) is 0.200. The van der Waals surface area contributed by atoms with Gasteiger partial charge >= 0.3 is 0 Å². The number of hydrogen-bond acceptors (Lipinski definition) is 3. The van der Waals surface area contributed by atoms with E-state index in [9.17, 15) is 17.9 Å². The summed E-state index contributed by atoms with van der Waals surface area (Å²) < 4.78 is 39.4. The van der Waals surface area contributed by atoms with Crippen LogP contribution in [-0.2, 0) is 16.4 Å². The van der Waals surface area contributed by atoms with Gasteiger partial charge in [-0.25, -0.2) is 17.5 Å². The third-order valence-corrected chi connectivity index (χ3v) is 4.91. The lowest BCUT2D eigenvalue weighted by atomic mass is 10.1. The van der Waals surface area contributed by atoms with Crippen LogP contribution in [0.5, 0.6) is 0 Å². The molecule has 0 spiro atoms. The van der Waals surface area contributed by atoms with Gasteiger partial charge in [-0.15, -0.1) is 0 Å². The Morgan fingerprint density at radius 3 is 2.50 bits per heavy atom. The Hall–Kier alpha value is -1.47. The highest BCUT2D eigenvalue weighted by Gasteiger charge is 2.19. The third kappa shape index (κ3) is 4.51. The van der Waals surface area contributed by atoms with Gasteiger partial charge in [0, 0.05) is 6.54 Å². The van der Waals surface area contributed by atoms with Crippen LogP contribution in [0.4, 0.5) is 4.39 Å². The lowest BCUT2D eigenvalue weighted by Gasteiger charge is -2.13. The highest BCUT2D eigenvalue weighted by atomic mass is 35.5. The van der Waals surface area contributed by atoms with Crippen molar-refractivity contribution < 1.29 is 17.9 Å². The van der Waals surface area contributed by atoms with Gasteiger partial charge in [-0.2, -0.15) is 0 Å². The van der Waals surface area contributed by atoms with Gasteiger partial charge in [0.1, 0.15) is 10.7 Å². The fourth-order valence-electron chi connectivity index (χ4n) is 1.94. The predicted molar refractivity (Wildman–Crippen MR) is 82.8 cm³/mol. The Labute approximate surface area is 133 Å². The number of rotatable bonds is 6. The molecule has 1 unspecified atom stereocenters. The van der Waals surface area contributed by atoms with E-state index in [-0.39, 0.29) is 16.5 Å². The Balaban J connectivity index is 2.00. The molecule has 4 nitrogen and oxygen atoms in total. The molecule has 0 bridgehead atoms. The van der Waals surface area contributed by atoms with Crippen molar-refractivity contribution in [1.82, 2.24) is 4.72 Å². The molecule has 0 fully saturated rings. The summed E-state index contributed by atoms with van der Waals surface area (Å²) in [4.78, 5) is -0.220. The van der Waals surface area contributed by atoms with E-state index in [4.69, 9.17) is 11.6 Å².